The Bertz CT molecular complexity index is 804. The molecule has 1 aliphatic heterocycles. The maximum absolute atomic E-state index is 4.82. The van der Waals surface area contributed by atoms with Gasteiger partial charge in [0.1, 0.15) is 5.82 Å². The fourth-order valence-electron chi connectivity index (χ4n) is 3.31. The van der Waals surface area contributed by atoms with E-state index in [1.54, 1.807) is 11.3 Å². The molecular formula is C17H20N4S. The largest absolute Gasteiger partial charge is 0.341 e. The zero-order valence-corrected chi connectivity index (χ0v) is 13.8. The second-order valence-electron chi connectivity index (χ2n) is 6.13. The van der Waals surface area contributed by atoms with Gasteiger partial charge < -0.3 is 4.98 Å². The molecule has 0 saturated carbocycles. The molecule has 4 rings (SSSR count). The molecule has 1 aliphatic rings. The van der Waals surface area contributed by atoms with Crippen LogP contribution in [0.25, 0.3) is 11.0 Å². The second kappa shape index (κ2) is 5.48. The van der Waals surface area contributed by atoms with Crippen LogP contribution in [0.2, 0.25) is 0 Å². The number of fused-ring (bicyclic) bond motifs is 1. The number of aryl methyl sites for hydroxylation is 2. The molecule has 3 heterocycles. The molecule has 1 fully saturated rings. The van der Waals surface area contributed by atoms with Crippen LogP contribution in [0.15, 0.2) is 23.6 Å². The van der Waals surface area contributed by atoms with Crippen molar-refractivity contribution in [1.29, 1.82) is 0 Å². The molecule has 2 aromatic heterocycles. The van der Waals surface area contributed by atoms with Crippen molar-refractivity contribution in [2.75, 3.05) is 6.54 Å². The summed E-state index contributed by atoms with van der Waals surface area (Å²) >= 11 is 1.73. The molecule has 0 spiro atoms. The molecule has 1 saturated heterocycles. The normalized spacial score (nSPS) is 19.3. The maximum Gasteiger partial charge on any atom is 0.124 e. The molecule has 1 aromatic carbocycles. The Morgan fingerprint density at radius 3 is 3.05 bits per heavy atom. The van der Waals surface area contributed by atoms with Crippen LogP contribution in [-0.4, -0.2) is 26.4 Å². The smallest absolute Gasteiger partial charge is 0.124 e. The van der Waals surface area contributed by atoms with Gasteiger partial charge in [0.15, 0.2) is 0 Å². The molecule has 0 bridgehead atoms. The highest BCUT2D eigenvalue weighted by atomic mass is 32.1. The molecule has 1 atom stereocenters. The quantitative estimate of drug-likeness (QED) is 0.796. The zero-order valence-electron chi connectivity index (χ0n) is 13.0. The van der Waals surface area contributed by atoms with Crippen LogP contribution in [-0.2, 0) is 6.54 Å². The highest BCUT2D eigenvalue weighted by molar-refractivity contribution is 7.09. The molecule has 22 heavy (non-hydrogen) atoms. The van der Waals surface area contributed by atoms with Gasteiger partial charge in [0.25, 0.3) is 0 Å². The minimum absolute atomic E-state index is 0.384. The lowest BCUT2D eigenvalue weighted by Crippen LogP contribution is -2.23. The van der Waals surface area contributed by atoms with Crippen molar-refractivity contribution >= 4 is 22.4 Å². The van der Waals surface area contributed by atoms with E-state index in [1.165, 1.54) is 24.1 Å². The van der Waals surface area contributed by atoms with Crippen LogP contribution in [0.4, 0.5) is 0 Å². The number of benzene rings is 1. The van der Waals surface area contributed by atoms with Crippen LogP contribution < -0.4 is 0 Å². The van der Waals surface area contributed by atoms with E-state index in [0.29, 0.717) is 6.04 Å². The molecule has 0 radical (unpaired) electrons. The number of likely N-dealkylation sites (tertiary alicyclic amines) is 1. The number of hydrogen-bond donors (Lipinski definition) is 1. The first kappa shape index (κ1) is 13.9. The minimum Gasteiger partial charge on any atom is -0.341 e. The monoisotopic (exact) mass is 312 g/mol. The van der Waals surface area contributed by atoms with E-state index in [-0.39, 0.29) is 0 Å². The summed E-state index contributed by atoms with van der Waals surface area (Å²) in [6.45, 7) is 6.23. The lowest BCUT2D eigenvalue weighted by Gasteiger charge is -2.21. The molecule has 1 N–H and O–H groups in total. The molecule has 3 aromatic rings. The van der Waals surface area contributed by atoms with Crippen LogP contribution in [0.1, 0.15) is 41.0 Å². The van der Waals surface area contributed by atoms with Gasteiger partial charge in [0.2, 0.25) is 0 Å². The predicted octanol–water partition coefficient (Wildman–Crippen LogP) is 3.97. The maximum atomic E-state index is 4.82. The molecule has 114 valence electrons. The number of H-pyrrole nitrogens is 1. The Hall–Kier alpha value is -1.72. The number of hydrogen-bond acceptors (Lipinski definition) is 4. The number of imidazole rings is 1. The van der Waals surface area contributed by atoms with E-state index in [1.807, 2.05) is 0 Å². The second-order valence-corrected chi connectivity index (χ2v) is 7.19. The van der Waals surface area contributed by atoms with Crippen molar-refractivity contribution in [3.8, 4) is 0 Å². The van der Waals surface area contributed by atoms with E-state index < -0.39 is 0 Å². The van der Waals surface area contributed by atoms with E-state index in [0.717, 1.165) is 35.0 Å². The van der Waals surface area contributed by atoms with Crippen LogP contribution in [0.3, 0.4) is 0 Å². The third kappa shape index (κ3) is 2.55. The minimum atomic E-state index is 0.384. The van der Waals surface area contributed by atoms with Gasteiger partial charge in [-0.25, -0.2) is 9.97 Å². The van der Waals surface area contributed by atoms with Gasteiger partial charge >= 0.3 is 0 Å². The molecule has 5 heteroatoms. The Morgan fingerprint density at radius 1 is 1.32 bits per heavy atom. The first-order valence-corrected chi connectivity index (χ1v) is 8.68. The summed E-state index contributed by atoms with van der Waals surface area (Å²) in [6.07, 6.45) is 2.39. The Balaban J connectivity index is 1.61. The van der Waals surface area contributed by atoms with Crippen LogP contribution >= 0.6 is 11.3 Å². The third-order valence-electron chi connectivity index (χ3n) is 4.37. The first-order chi connectivity index (χ1) is 10.7. The lowest BCUT2D eigenvalue weighted by atomic mass is 10.2. The fraction of sp³-hybridized carbons (Fsp3) is 0.412. The number of aromatic amines is 1. The molecule has 0 amide bonds. The van der Waals surface area contributed by atoms with Crippen molar-refractivity contribution in [1.82, 2.24) is 19.9 Å². The van der Waals surface area contributed by atoms with E-state index >= 15 is 0 Å². The Morgan fingerprint density at radius 2 is 2.23 bits per heavy atom. The van der Waals surface area contributed by atoms with Crippen molar-refractivity contribution in [2.24, 2.45) is 0 Å². The Kier molecular flexibility index (Phi) is 3.47. The van der Waals surface area contributed by atoms with Crippen molar-refractivity contribution in [3.05, 3.63) is 45.7 Å². The predicted molar refractivity (Wildman–Crippen MR) is 90.1 cm³/mol. The van der Waals surface area contributed by atoms with Crippen molar-refractivity contribution in [3.63, 3.8) is 0 Å². The summed E-state index contributed by atoms with van der Waals surface area (Å²) in [6, 6.07) is 6.79. The highest BCUT2D eigenvalue weighted by Crippen LogP contribution is 2.32. The van der Waals surface area contributed by atoms with Gasteiger partial charge in [0.05, 0.1) is 27.8 Å². The average Bonchev–Trinajstić information content (AvgIpc) is 3.18. The van der Waals surface area contributed by atoms with Crippen LogP contribution in [0, 0.1) is 13.8 Å². The topological polar surface area (TPSA) is 44.8 Å². The molecule has 0 aliphatic carbocycles. The van der Waals surface area contributed by atoms with Gasteiger partial charge in [-0.05, 0) is 50.9 Å². The molecule has 0 unspecified atom stereocenters. The average molecular weight is 312 g/mol. The van der Waals surface area contributed by atoms with E-state index in [9.17, 15) is 0 Å². The van der Waals surface area contributed by atoms with Gasteiger partial charge in [-0.15, -0.1) is 11.3 Å². The highest BCUT2D eigenvalue weighted by Gasteiger charge is 2.28. The summed E-state index contributed by atoms with van der Waals surface area (Å²) < 4.78 is 0. The SMILES string of the molecule is Cc1ccc2nc([C@H]3CCCN3Cc3csc(C)n3)[nH]c2c1. The van der Waals surface area contributed by atoms with Crippen LogP contribution in [0.5, 0.6) is 0 Å². The zero-order chi connectivity index (χ0) is 15.1. The summed E-state index contributed by atoms with van der Waals surface area (Å²) in [5, 5.41) is 3.32. The van der Waals surface area contributed by atoms with Gasteiger partial charge in [-0.2, -0.15) is 0 Å². The van der Waals surface area contributed by atoms with Gasteiger partial charge in [0, 0.05) is 11.9 Å². The number of aromatic nitrogens is 3. The summed E-state index contributed by atoms with van der Waals surface area (Å²) in [4.78, 5) is 15.4. The lowest BCUT2D eigenvalue weighted by molar-refractivity contribution is 0.238. The summed E-state index contributed by atoms with van der Waals surface area (Å²) in [5.74, 6) is 1.10. The number of nitrogens with zero attached hydrogens (tertiary/aromatic N) is 3. The third-order valence-corrected chi connectivity index (χ3v) is 5.19. The van der Waals surface area contributed by atoms with E-state index in [2.05, 4.69) is 52.3 Å². The van der Waals surface area contributed by atoms with Gasteiger partial charge in [-0.3, -0.25) is 4.90 Å². The van der Waals surface area contributed by atoms with E-state index in [4.69, 9.17) is 4.98 Å². The standard InChI is InChI=1S/C17H20N4S/c1-11-5-6-14-15(8-11)20-17(19-14)16-4-3-7-21(16)9-13-10-22-12(2)18-13/h5-6,8,10,16H,3-4,7,9H2,1-2H3,(H,19,20)/t16-/m1/s1. The number of thiazole rings is 1. The first-order valence-electron chi connectivity index (χ1n) is 7.80. The number of nitrogens with one attached hydrogen (secondary N) is 1. The van der Waals surface area contributed by atoms with Crippen molar-refractivity contribution in [2.45, 2.75) is 39.3 Å². The molecule has 4 nitrogen and oxygen atoms in total. The number of rotatable bonds is 3. The van der Waals surface area contributed by atoms with Crippen molar-refractivity contribution < 1.29 is 0 Å². The summed E-state index contributed by atoms with van der Waals surface area (Å²) in [7, 11) is 0. The molecular weight excluding hydrogens is 292 g/mol. The Labute approximate surface area is 134 Å². The fourth-order valence-corrected chi connectivity index (χ4v) is 3.92. The summed E-state index contributed by atoms with van der Waals surface area (Å²) in [5.41, 5.74) is 4.66. The van der Waals surface area contributed by atoms with Gasteiger partial charge in [-0.1, -0.05) is 6.07 Å².